The zero-order valence-corrected chi connectivity index (χ0v) is 16.1. The van der Waals surface area contributed by atoms with Crippen molar-refractivity contribution in [3.05, 3.63) is 29.8 Å². The first-order valence-electron chi connectivity index (χ1n) is 8.33. The normalized spacial score (nSPS) is 13.0. The van der Waals surface area contributed by atoms with Gasteiger partial charge >= 0.3 is 0 Å². The molecule has 0 bridgehead atoms. The van der Waals surface area contributed by atoms with E-state index >= 15 is 0 Å². The largest absolute Gasteiger partial charge is 0.357 e. The van der Waals surface area contributed by atoms with Crippen molar-refractivity contribution in [3.63, 3.8) is 0 Å². The molecule has 0 aliphatic carbocycles. The van der Waals surface area contributed by atoms with Crippen LogP contribution in [0.25, 0.3) is 0 Å². The standard InChI is InChI=1S/C17H30N4O2S/c1-6-12-19-16(18-7-2)20-13-14-10-8-9-11-15(14)24(22,23)21-17(3,4)5/h8-11,21H,6-7,12-13H2,1-5H3,(H2,18,19,20). The summed E-state index contributed by atoms with van der Waals surface area (Å²) in [5.41, 5.74) is 0.134. The Hall–Kier alpha value is -1.60. The number of nitrogens with zero attached hydrogens (tertiary/aromatic N) is 1. The molecule has 6 nitrogen and oxygen atoms in total. The second-order valence-corrected chi connectivity index (χ2v) is 8.24. The molecular weight excluding hydrogens is 324 g/mol. The Bertz CT molecular complexity index is 649. The van der Waals surface area contributed by atoms with E-state index in [4.69, 9.17) is 0 Å². The molecule has 0 aliphatic rings. The van der Waals surface area contributed by atoms with Crippen LogP contribution >= 0.6 is 0 Å². The average molecular weight is 355 g/mol. The van der Waals surface area contributed by atoms with Crippen LogP contribution in [0.4, 0.5) is 0 Å². The number of sulfonamides is 1. The highest BCUT2D eigenvalue weighted by Crippen LogP contribution is 2.18. The number of hydrogen-bond donors (Lipinski definition) is 3. The zero-order valence-electron chi connectivity index (χ0n) is 15.3. The van der Waals surface area contributed by atoms with Gasteiger partial charge in [-0.3, -0.25) is 0 Å². The minimum absolute atomic E-state index is 0.273. The van der Waals surface area contributed by atoms with Crippen LogP contribution in [0, 0.1) is 0 Å². The first-order valence-corrected chi connectivity index (χ1v) is 9.82. The minimum Gasteiger partial charge on any atom is -0.357 e. The molecular formula is C17H30N4O2S. The molecule has 24 heavy (non-hydrogen) atoms. The Labute approximate surface area is 146 Å². The SMILES string of the molecule is CCCNC(=NCc1ccccc1S(=O)(=O)NC(C)(C)C)NCC. The van der Waals surface area contributed by atoms with E-state index in [0.717, 1.165) is 19.5 Å². The van der Waals surface area contributed by atoms with E-state index in [1.165, 1.54) is 0 Å². The minimum atomic E-state index is -3.59. The molecule has 1 aromatic carbocycles. The lowest BCUT2D eigenvalue weighted by Crippen LogP contribution is -2.40. The van der Waals surface area contributed by atoms with Gasteiger partial charge in [0.2, 0.25) is 10.0 Å². The van der Waals surface area contributed by atoms with E-state index < -0.39 is 15.6 Å². The number of rotatable bonds is 7. The molecule has 0 aliphatic heterocycles. The summed E-state index contributed by atoms with van der Waals surface area (Å²) < 4.78 is 27.9. The van der Waals surface area contributed by atoms with Crippen LogP contribution in [0.15, 0.2) is 34.2 Å². The van der Waals surface area contributed by atoms with Crippen molar-refractivity contribution in [1.29, 1.82) is 0 Å². The highest BCUT2D eigenvalue weighted by molar-refractivity contribution is 7.89. The van der Waals surface area contributed by atoms with Crippen LogP contribution in [0.3, 0.4) is 0 Å². The second-order valence-electron chi connectivity index (χ2n) is 6.59. The third-order valence-electron chi connectivity index (χ3n) is 3.00. The van der Waals surface area contributed by atoms with Gasteiger partial charge in [0, 0.05) is 18.6 Å². The van der Waals surface area contributed by atoms with Crippen molar-refractivity contribution < 1.29 is 8.42 Å². The van der Waals surface area contributed by atoms with Crippen LogP contribution in [-0.4, -0.2) is 33.0 Å². The second kappa shape index (κ2) is 9.03. The molecule has 1 aromatic rings. The summed E-state index contributed by atoms with van der Waals surface area (Å²) in [5.74, 6) is 0.690. The molecule has 136 valence electrons. The smallest absolute Gasteiger partial charge is 0.241 e. The average Bonchev–Trinajstić information content (AvgIpc) is 2.48. The molecule has 0 heterocycles. The van der Waals surface area contributed by atoms with Gasteiger partial charge in [-0.15, -0.1) is 0 Å². The molecule has 0 unspecified atom stereocenters. The van der Waals surface area contributed by atoms with Crippen LogP contribution < -0.4 is 15.4 Å². The lowest BCUT2D eigenvalue weighted by molar-refractivity contribution is 0.491. The van der Waals surface area contributed by atoms with Crippen molar-refractivity contribution >= 4 is 16.0 Å². The Balaban J connectivity index is 3.05. The predicted octanol–water partition coefficient (Wildman–Crippen LogP) is 2.23. The number of benzene rings is 1. The third-order valence-corrected chi connectivity index (χ3v) is 4.86. The van der Waals surface area contributed by atoms with Gasteiger partial charge < -0.3 is 10.6 Å². The first kappa shape index (κ1) is 20.4. The fourth-order valence-corrected chi connectivity index (χ4v) is 3.76. The van der Waals surface area contributed by atoms with Crippen LogP contribution in [0.5, 0.6) is 0 Å². The van der Waals surface area contributed by atoms with E-state index in [-0.39, 0.29) is 4.90 Å². The van der Waals surface area contributed by atoms with Crippen molar-refractivity contribution in [2.45, 2.75) is 58.0 Å². The summed E-state index contributed by atoms with van der Waals surface area (Å²) in [5, 5.41) is 6.37. The number of hydrogen-bond acceptors (Lipinski definition) is 3. The van der Waals surface area contributed by atoms with Gasteiger partial charge in [0.25, 0.3) is 0 Å². The van der Waals surface area contributed by atoms with Gasteiger partial charge in [-0.25, -0.2) is 18.1 Å². The van der Waals surface area contributed by atoms with E-state index in [9.17, 15) is 8.42 Å². The Kier molecular flexibility index (Phi) is 7.69. The van der Waals surface area contributed by atoms with Crippen LogP contribution in [-0.2, 0) is 16.6 Å². The highest BCUT2D eigenvalue weighted by Gasteiger charge is 2.24. The summed E-state index contributed by atoms with van der Waals surface area (Å²) in [4.78, 5) is 4.77. The van der Waals surface area contributed by atoms with Gasteiger partial charge in [-0.1, -0.05) is 25.1 Å². The zero-order chi connectivity index (χ0) is 18.2. The monoisotopic (exact) mass is 354 g/mol. The summed E-state index contributed by atoms with van der Waals surface area (Å²) in [6.45, 7) is 11.4. The lowest BCUT2D eigenvalue weighted by Gasteiger charge is -2.21. The fourth-order valence-electron chi connectivity index (χ4n) is 2.10. The number of guanidine groups is 1. The molecule has 1 rings (SSSR count). The van der Waals surface area contributed by atoms with Crippen molar-refractivity contribution in [2.24, 2.45) is 4.99 Å². The lowest BCUT2D eigenvalue weighted by atomic mass is 10.1. The van der Waals surface area contributed by atoms with Gasteiger partial charge in [-0.05, 0) is 45.7 Å². The molecule has 0 spiro atoms. The molecule has 0 radical (unpaired) electrons. The van der Waals surface area contributed by atoms with E-state index in [0.29, 0.717) is 18.1 Å². The Morgan fingerprint density at radius 2 is 1.79 bits per heavy atom. The van der Waals surface area contributed by atoms with Crippen molar-refractivity contribution in [3.8, 4) is 0 Å². The molecule has 0 aromatic heterocycles. The van der Waals surface area contributed by atoms with Crippen LogP contribution in [0.1, 0.15) is 46.6 Å². The quantitative estimate of drug-likeness (QED) is 0.518. The van der Waals surface area contributed by atoms with Crippen LogP contribution in [0.2, 0.25) is 0 Å². The highest BCUT2D eigenvalue weighted by atomic mass is 32.2. The Morgan fingerprint density at radius 3 is 2.38 bits per heavy atom. The summed E-state index contributed by atoms with van der Waals surface area (Å²) in [7, 11) is -3.59. The Morgan fingerprint density at radius 1 is 1.12 bits per heavy atom. The summed E-state index contributed by atoms with van der Waals surface area (Å²) in [6.07, 6.45) is 0.991. The molecule has 7 heteroatoms. The van der Waals surface area contributed by atoms with E-state index in [2.05, 4.69) is 27.3 Å². The van der Waals surface area contributed by atoms with E-state index in [1.54, 1.807) is 18.2 Å². The molecule has 3 N–H and O–H groups in total. The van der Waals surface area contributed by atoms with Gasteiger partial charge in [0.1, 0.15) is 0 Å². The van der Waals surface area contributed by atoms with Crippen molar-refractivity contribution in [2.75, 3.05) is 13.1 Å². The van der Waals surface area contributed by atoms with Crippen molar-refractivity contribution in [1.82, 2.24) is 15.4 Å². The predicted molar refractivity (Wildman–Crippen MR) is 99.6 cm³/mol. The molecule has 0 saturated heterocycles. The molecule has 0 amide bonds. The number of nitrogens with one attached hydrogen (secondary N) is 3. The molecule has 0 saturated carbocycles. The maximum atomic E-state index is 12.6. The van der Waals surface area contributed by atoms with Gasteiger partial charge in [-0.2, -0.15) is 0 Å². The fraction of sp³-hybridized carbons (Fsp3) is 0.588. The maximum Gasteiger partial charge on any atom is 0.241 e. The maximum absolute atomic E-state index is 12.6. The van der Waals surface area contributed by atoms with E-state index in [1.807, 2.05) is 33.8 Å². The third kappa shape index (κ3) is 6.88. The summed E-state index contributed by atoms with van der Waals surface area (Å²) >= 11 is 0. The van der Waals surface area contributed by atoms with Gasteiger partial charge in [0.05, 0.1) is 11.4 Å². The topological polar surface area (TPSA) is 82.6 Å². The molecule has 0 atom stereocenters. The number of aliphatic imine (C=N–C) groups is 1. The molecule has 0 fully saturated rings. The van der Waals surface area contributed by atoms with Gasteiger partial charge in [0.15, 0.2) is 5.96 Å². The first-order chi connectivity index (χ1) is 11.2. The summed E-state index contributed by atoms with van der Waals surface area (Å²) in [6, 6.07) is 6.97.